The van der Waals surface area contributed by atoms with Gasteiger partial charge in [-0.2, -0.15) is 0 Å². The first-order valence-electron chi connectivity index (χ1n) is 21.7. The van der Waals surface area contributed by atoms with E-state index in [9.17, 15) is 19.2 Å². The summed E-state index contributed by atoms with van der Waals surface area (Å²) in [6.45, 7) is 8.24. The molecule has 0 spiro atoms. The number of amides is 3. The first kappa shape index (κ1) is 38.7. The number of rotatable bonds is 8. The van der Waals surface area contributed by atoms with Crippen molar-refractivity contribution in [1.82, 2.24) is 29.7 Å². The van der Waals surface area contributed by atoms with Gasteiger partial charge in [0.25, 0.3) is 5.91 Å². The van der Waals surface area contributed by atoms with E-state index in [1.807, 2.05) is 19.1 Å². The van der Waals surface area contributed by atoms with Crippen molar-refractivity contribution in [2.45, 2.75) is 70.4 Å². The van der Waals surface area contributed by atoms with Gasteiger partial charge < -0.3 is 20.4 Å². The molecule has 4 aliphatic heterocycles. The molecule has 3 aromatic heterocycles. The Morgan fingerprint density at radius 3 is 2.48 bits per heavy atom. The normalized spacial score (nSPS) is 21.0. The highest BCUT2D eigenvalue weighted by Crippen LogP contribution is 2.41. The number of thiophene rings is 1. The number of hydrogen-bond donors (Lipinski definition) is 3. The summed E-state index contributed by atoms with van der Waals surface area (Å²) in [6.07, 6.45) is 7.30. The molecule has 13 heteroatoms. The van der Waals surface area contributed by atoms with E-state index in [4.69, 9.17) is 4.98 Å². The van der Waals surface area contributed by atoms with Crippen molar-refractivity contribution < 1.29 is 14.4 Å². The number of pyridine rings is 1. The Kier molecular flexibility index (Phi) is 10.2. The fourth-order valence-electron chi connectivity index (χ4n) is 10.3. The molecule has 3 saturated heterocycles. The Hall–Kier alpha value is -5.53. The molecule has 6 aromatic rings. The summed E-state index contributed by atoms with van der Waals surface area (Å²) in [5.41, 5.74) is 7.77. The Morgan fingerprint density at radius 2 is 1.67 bits per heavy atom. The van der Waals surface area contributed by atoms with Crippen LogP contribution in [-0.2, 0) is 23.1 Å². The molecule has 60 heavy (non-hydrogen) atoms. The third-order valence-electron chi connectivity index (χ3n) is 13.6. The van der Waals surface area contributed by atoms with Gasteiger partial charge in [-0.25, -0.2) is 9.78 Å². The number of para-hydroxylation sites is 1. The van der Waals surface area contributed by atoms with Crippen molar-refractivity contribution in [3.63, 3.8) is 0 Å². The number of nitrogens with zero attached hydrogens (tertiary/aromatic N) is 5. The number of benzene rings is 3. The summed E-state index contributed by atoms with van der Waals surface area (Å²) in [7, 11) is 1.79. The zero-order valence-corrected chi connectivity index (χ0v) is 35.2. The van der Waals surface area contributed by atoms with Crippen LogP contribution in [0.3, 0.4) is 0 Å². The van der Waals surface area contributed by atoms with E-state index in [2.05, 4.69) is 80.3 Å². The lowest BCUT2D eigenvalue weighted by molar-refractivity contribution is -0.135. The van der Waals surface area contributed by atoms with Crippen LogP contribution >= 0.6 is 11.3 Å². The number of likely N-dealkylation sites (tertiary alicyclic amines) is 1. The summed E-state index contributed by atoms with van der Waals surface area (Å²) in [4.78, 5) is 61.8. The monoisotopic (exact) mass is 824 g/mol. The third kappa shape index (κ3) is 7.15. The van der Waals surface area contributed by atoms with Crippen molar-refractivity contribution in [1.29, 1.82) is 0 Å². The number of anilines is 2. The number of imidazole rings is 1. The average molecular weight is 825 g/mol. The van der Waals surface area contributed by atoms with Crippen LogP contribution in [0.5, 0.6) is 0 Å². The molecular formula is C47H52N8O4S. The maximum absolute atomic E-state index is 13.4. The third-order valence-corrected chi connectivity index (χ3v) is 14.7. The van der Waals surface area contributed by atoms with Crippen LogP contribution in [0.25, 0.3) is 43.3 Å². The van der Waals surface area contributed by atoms with E-state index in [1.165, 1.54) is 42.7 Å². The van der Waals surface area contributed by atoms with Gasteiger partial charge in [-0.1, -0.05) is 24.3 Å². The number of hydrogen-bond acceptors (Lipinski definition) is 9. The molecule has 0 bridgehead atoms. The quantitative estimate of drug-likeness (QED) is 0.142. The maximum Gasteiger partial charge on any atom is 0.329 e. The van der Waals surface area contributed by atoms with Crippen LogP contribution in [0.4, 0.5) is 11.4 Å². The minimum atomic E-state index is -0.665. The second kappa shape index (κ2) is 15.8. The van der Waals surface area contributed by atoms with Gasteiger partial charge in [0.2, 0.25) is 11.8 Å². The van der Waals surface area contributed by atoms with Gasteiger partial charge in [0.15, 0.2) is 0 Å². The van der Waals surface area contributed by atoms with Crippen molar-refractivity contribution in [3.8, 4) is 11.3 Å². The molecule has 310 valence electrons. The Bertz CT molecular complexity index is 2720. The van der Waals surface area contributed by atoms with Crippen LogP contribution in [0.15, 0.2) is 71.5 Å². The molecule has 10 rings (SSSR count). The molecule has 0 saturated carbocycles. The highest BCUT2D eigenvalue weighted by atomic mass is 32.1. The number of carbonyl (C=O) groups excluding carboxylic acids is 3. The predicted molar refractivity (Wildman–Crippen MR) is 239 cm³/mol. The number of carbonyl (C=O) groups is 3. The van der Waals surface area contributed by atoms with Gasteiger partial charge in [0.1, 0.15) is 10.9 Å². The van der Waals surface area contributed by atoms with E-state index in [0.717, 1.165) is 105 Å². The second-order valence-electron chi connectivity index (χ2n) is 17.5. The summed E-state index contributed by atoms with van der Waals surface area (Å²) < 4.78 is 4.35. The average Bonchev–Trinajstić information content (AvgIpc) is 3.72. The van der Waals surface area contributed by atoms with Crippen LogP contribution in [0, 0.1) is 11.8 Å². The molecule has 0 radical (unpaired) electrons. The first-order chi connectivity index (χ1) is 29.2. The molecule has 3 N–H and O–H groups in total. The molecule has 12 nitrogen and oxygen atoms in total. The number of fused-ring (bicyclic) bond motifs is 6. The number of imide groups is 1. The highest BCUT2D eigenvalue weighted by Gasteiger charge is 2.32. The zero-order valence-electron chi connectivity index (χ0n) is 34.3. The fourth-order valence-corrected chi connectivity index (χ4v) is 11.4. The van der Waals surface area contributed by atoms with Crippen LogP contribution in [0.1, 0.15) is 73.1 Å². The van der Waals surface area contributed by atoms with E-state index >= 15 is 0 Å². The number of aromatic nitrogens is 3. The van der Waals surface area contributed by atoms with Gasteiger partial charge >= 0.3 is 5.69 Å². The summed E-state index contributed by atoms with van der Waals surface area (Å²) >= 11 is 1.54. The lowest BCUT2D eigenvalue weighted by Crippen LogP contribution is -2.44. The van der Waals surface area contributed by atoms with Crippen molar-refractivity contribution >= 4 is 72.5 Å². The van der Waals surface area contributed by atoms with E-state index in [-0.39, 0.29) is 30.0 Å². The van der Waals surface area contributed by atoms with Crippen molar-refractivity contribution in [3.05, 3.63) is 87.7 Å². The van der Waals surface area contributed by atoms with Crippen LogP contribution < -0.4 is 26.5 Å². The molecule has 2 atom stereocenters. The van der Waals surface area contributed by atoms with Gasteiger partial charge in [-0.3, -0.25) is 28.8 Å². The lowest BCUT2D eigenvalue weighted by Gasteiger charge is -2.38. The second-order valence-corrected chi connectivity index (χ2v) is 18.5. The Balaban J connectivity index is 0.734. The minimum Gasteiger partial charge on any atom is -0.381 e. The number of nitrogens with one attached hydrogen (secondary N) is 3. The molecule has 3 aromatic carbocycles. The smallest absolute Gasteiger partial charge is 0.329 e. The topological polar surface area (TPSA) is 134 Å². The predicted octanol–water partition coefficient (Wildman–Crippen LogP) is 6.85. The Labute approximate surface area is 352 Å². The number of piperidine rings is 3. The minimum absolute atomic E-state index is 0.0132. The SMILES string of the molecule is C[C@@H]1CNc2c(sc3ccc4nc(-c5cccc(N6CCC(CN7CCC(CCc8cccc9c8n(C)c(=O)n9C8CCC(=O)NC8=O)CC7)CC6)c5)ccc4c23)C(=O)N1. The van der Waals surface area contributed by atoms with Crippen molar-refractivity contribution in [2.24, 2.45) is 18.9 Å². The molecule has 0 aliphatic carbocycles. The molecule has 4 aliphatic rings. The van der Waals surface area contributed by atoms with Crippen LogP contribution in [0.2, 0.25) is 0 Å². The molecule has 3 amide bonds. The van der Waals surface area contributed by atoms with Crippen LogP contribution in [-0.4, -0.2) is 82.1 Å². The zero-order chi connectivity index (χ0) is 41.1. The molecular weight excluding hydrogens is 773 g/mol. The largest absolute Gasteiger partial charge is 0.381 e. The number of aryl methyl sites for hydroxylation is 2. The molecule has 7 heterocycles. The van der Waals surface area contributed by atoms with Crippen molar-refractivity contribution in [2.75, 3.05) is 49.5 Å². The standard InChI is InChI=1S/C47H52N8O4S/c1-28-26-48-42-41-34-11-12-35(50-36(34)13-15-39(41)60-44(42)46(58)49-28)32-6-3-7-33(25-32)54-23-19-30(20-24-54)27-53-21-17-29(18-22-53)9-10-31-5-4-8-37-43(31)52(2)47(59)55(37)38-14-16-40(56)51-45(38)57/h3-8,11-13,15,25,28-30,38,48H,9-10,14,16-24,26-27H2,1-2H3,(H,49,58)(H,51,56,57)/t28-,38?/m1/s1. The summed E-state index contributed by atoms with van der Waals surface area (Å²) in [6, 6.07) is 22.7. The molecule has 3 fully saturated rings. The summed E-state index contributed by atoms with van der Waals surface area (Å²) in [5, 5.41) is 11.2. The van der Waals surface area contributed by atoms with E-state index in [0.29, 0.717) is 24.8 Å². The first-order valence-corrected chi connectivity index (χ1v) is 22.5. The highest BCUT2D eigenvalue weighted by molar-refractivity contribution is 7.21. The van der Waals surface area contributed by atoms with Gasteiger partial charge in [-0.15, -0.1) is 11.3 Å². The van der Waals surface area contributed by atoms with Gasteiger partial charge in [0.05, 0.1) is 27.9 Å². The Morgan fingerprint density at radius 1 is 0.867 bits per heavy atom. The van der Waals surface area contributed by atoms with E-state index in [1.54, 1.807) is 16.2 Å². The lowest BCUT2D eigenvalue weighted by atomic mass is 9.89. The maximum atomic E-state index is 13.4. The fraction of sp³-hybridized carbons (Fsp3) is 0.426. The van der Waals surface area contributed by atoms with Gasteiger partial charge in [-0.05, 0) is 125 Å². The van der Waals surface area contributed by atoms with Gasteiger partial charge in [0, 0.05) is 72.4 Å². The van der Waals surface area contributed by atoms with E-state index < -0.39 is 11.9 Å². The molecule has 1 unspecified atom stereocenters. The summed E-state index contributed by atoms with van der Waals surface area (Å²) in [5.74, 6) is 0.653.